The summed E-state index contributed by atoms with van der Waals surface area (Å²) in [7, 11) is -1.36. The van der Waals surface area contributed by atoms with Gasteiger partial charge >= 0.3 is 38.1 Å². The molecule has 3 unspecified atom stereocenters. The summed E-state index contributed by atoms with van der Waals surface area (Å²) < 4.78 is 50.6. The van der Waals surface area contributed by atoms with Crippen LogP contribution in [0.1, 0.15) is 82.3 Å². The molecule has 1 N–H and O–H groups in total. The van der Waals surface area contributed by atoms with Crippen molar-refractivity contribution in [1.29, 1.82) is 0 Å². The van der Waals surface area contributed by atoms with Crippen molar-refractivity contribution in [2.45, 2.75) is 84.0 Å². The Morgan fingerprint density at radius 2 is 0.830 bits per heavy atom. The van der Waals surface area contributed by atoms with Gasteiger partial charge in [-0.25, -0.2) is 4.79 Å². The number of ketones is 2. The number of nitrogens with zero attached hydrogens (tertiary/aromatic N) is 4. The van der Waals surface area contributed by atoms with Crippen LogP contribution in [-0.2, 0) is 110 Å². The van der Waals surface area contributed by atoms with Crippen LogP contribution < -0.4 is 5.32 Å². The molecule has 21 nitrogen and oxygen atoms in total. The first-order valence-electron chi connectivity index (χ1n) is 31.7. The van der Waals surface area contributed by atoms with Gasteiger partial charge in [0, 0.05) is 88.2 Å². The number of aryl methyl sites for hydroxylation is 1. The number of rotatable bonds is 36. The summed E-state index contributed by atoms with van der Waals surface area (Å²) in [5, 5.41) is 2.61. The molecule has 0 spiro atoms. The van der Waals surface area contributed by atoms with Gasteiger partial charge in [-0.3, -0.25) is 53.2 Å². The molecule has 1 amide bonds. The van der Waals surface area contributed by atoms with Crippen molar-refractivity contribution >= 4 is 55.6 Å². The molecule has 498 valence electrons. The molecule has 1 aliphatic heterocycles. The molecule has 0 bridgehead atoms. The van der Waals surface area contributed by atoms with Crippen LogP contribution in [0.2, 0.25) is 0 Å². The van der Waals surface area contributed by atoms with E-state index in [1.54, 1.807) is 60.7 Å². The molecular formula is C72H85N5O16P+. The molecule has 22 heteroatoms. The Balaban J connectivity index is 0.945. The zero-order valence-electron chi connectivity index (χ0n) is 53.3. The summed E-state index contributed by atoms with van der Waals surface area (Å²) >= 11 is 0. The standard InChI is InChI=1S/C72H84N5O16P/c1-87-72(85)65(36-45-92-94(86)93-55-61-26-15-6-16-27-61)73-67(80)35-34-63(71(84)91-54-60-24-13-5-14-25-60)46-66(79)62-32-30-56(31-33-62)28-17-29-64(78)47-74-37-39-75(48-68(81)88-51-57-18-7-2-8-19-57)41-43-77(50-70(83)90-53-59-22-11-4-12-23-59)44-42-76(40-38-74)49-69(82)89-52-58-20-9-3-10-21-58/h2-16,18-27,30-33,63,65H,17,28-29,34-55H2,1H3/p+1. The first kappa shape index (κ1) is 72.8. The fourth-order valence-corrected chi connectivity index (χ4v) is 10.8. The Kier molecular flexibility index (Phi) is 31.8. The van der Waals surface area contributed by atoms with Gasteiger partial charge in [0.25, 0.3) is 0 Å². The number of benzene rings is 6. The van der Waals surface area contributed by atoms with Gasteiger partial charge in [0.2, 0.25) is 5.91 Å². The van der Waals surface area contributed by atoms with Gasteiger partial charge in [-0.1, -0.05) is 176 Å². The SMILES string of the molecule is COC(=O)C(CCO[P+](=O)OCc1ccccc1)NC(=O)CCC(CC(=O)c1ccc(CCCC(=O)CN2CCN(CC(=O)OCc3ccccc3)CCN(CC(=O)OCc3ccccc3)CCN(CC(=O)OCc3ccccc3)CC2)cc1)C(=O)OCc1ccccc1. The number of carbonyl (C=O) groups is 8. The fourth-order valence-electron chi connectivity index (χ4n) is 10.2. The van der Waals surface area contributed by atoms with E-state index in [1.165, 1.54) is 7.11 Å². The van der Waals surface area contributed by atoms with Crippen molar-refractivity contribution in [1.82, 2.24) is 24.9 Å². The third kappa shape index (κ3) is 28.3. The maximum atomic E-state index is 14.0. The minimum Gasteiger partial charge on any atom is -0.467 e. The third-order valence-corrected chi connectivity index (χ3v) is 16.4. The number of hydrogen-bond donors (Lipinski definition) is 1. The summed E-state index contributed by atoms with van der Waals surface area (Å²) in [5.74, 6) is -4.66. The van der Waals surface area contributed by atoms with Crippen molar-refractivity contribution in [3.8, 4) is 0 Å². The molecule has 7 rings (SSSR count). The lowest BCUT2D eigenvalue weighted by molar-refractivity contribution is -0.150. The monoisotopic (exact) mass is 1310 g/mol. The molecule has 6 aromatic rings. The van der Waals surface area contributed by atoms with E-state index in [0.717, 1.165) is 33.4 Å². The number of Topliss-reactive ketones (excluding diaryl/α,β-unsaturated/α-hetero) is 2. The lowest BCUT2D eigenvalue weighted by Gasteiger charge is -2.33. The quantitative estimate of drug-likeness (QED) is 0.0167. The van der Waals surface area contributed by atoms with Gasteiger partial charge in [0.1, 0.15) is 51.5 Å². The Hall–Kier alpha value is -8.66. The molecule has 3 atom stereocenters. The molecule has 1 aliphatic rings. The molecule has 1 heterocycles. The molecule has 94 heavy (non-hydrogen) atoms. The van der Waals surface area contributed by atoms with Crippen LogP contribution in [0.5, 0.6) is 0 Å². The fraction of sp³-hybridized carbons (Fsp3) is 0.389. The summed E-state index contributed by atoms with van der Waals surface area (Å²) in [6, 6.07) is 52.1. The van der Waals surface area contributed by atoms with E-state index in [1.807, 2.05) is 135 Å². The van der Waals surface area contributed by atoms with Gasteiger partial charge in [-0.2, -0.15) is 0 Å². The van der Waals surface area contributed by atoms with Gasteiger partial charge in [-0.05, 0) is 52.6 Å². The normalized spacial score (nSPS) is 14.4. The Bertz CT molecular complexity index is 3240. The van der Waals surface area contributed by atoms with Gasteiger partial charge < -0.3 is 29.0 Å². The highest BCUT2D eigenvalue weighted by molar-refractivity contribution is 7.33. The van der Waals surface area contributed by atoms with Crippen molar-refractivity contribution in [2.24, 2.45) is 5.92 Å². The largest absolute Gasteiger partial charge is 0.697 e. The average molecular weight is 1310 g/mol. The third-order valence-electron chi connectivity index (χ3n) is 15.6. The van der Waals surface area contributed by atoms with Crippen LogP contribution in [0.25, 0.3) is 0 Å². The predicted octanol–water partition coefficient (Wildman–Crippen LogP) is 8.68. The van der Waals surface area contributed by atoms with E-state index in [9.17, 15) is 42.9 Å². The summed E-state index contributed by atoms with van der Waals surface area (Å²) in [6.07, 6.45) is 0.584. The van der Waals surface area contributed by atoms with E-state index >= 15 is 0 Å². The summed E-state index contributed by atoms with van der Waals surface area (Å²) in [6.45, 7) is 3.31. The smallest absolute Gasteiger partial charge is 0.467 e. The highest BCUT2D eigenvalue weighted by Gasteiger charge is 2.30. The number of esters is 5. The predicted molar refractivity (Wildman–Crippen MR) is 350 cm³/mol. The van der Waals surface area contributed by atoms with Crippen LogP contribution >= 0.6 is 8.25 Å². The van der Waals surface area contributed by atoms with Crippen molar-refractivity contribution in [3.63, 3.8) is 0 Å². The van der Waals surface area contributed by atoms with E-state index < -0.39 is 56.0 Å². The lowest BCUT2D eigenvalue weighted by Crippen LogP contribution is -2.49. The molecule has 0 saturated carbocycles. The number of amides is 1. The number of nitrogens with one attached hydrogen (secondary N) is 1. The first-order chi connectivity index (χ1) is 45.7. The molecular weight excluding hydrogens is 1220 g/mol. The van der Waals surface area contributed by atoms with Crippen molar-refractivity contribution in [3.05, 3.63) is 215 Å². The maximum absolute atomic E-state index is 14.0. The zero-order chi connectivity index (χ0) is 66.5. The van der Waals surface area contributed by atoms with Crippen LogP contribution in [-0.4, -0.2) is 165 Å². The highest BCUT2D eigenvalue weighted by Crippen LogP contribution is 2.26. The van der Waals surface area contributed by atoms with Gasteiger partial charge in [0.05, 0.1) is 39.2 Å². The minimum absolute atomic E-state index is 0.00576. The van der Waals surface area contributed by atoms with Gasteiger partial charge in [-0.15, -0.1) is 9.05 Å². The molecule has 0 radical (unpaired) electrons. The van der Waals surface area contributed by atoms with Crippen LogP contribution in [0.4, 0.5) is 0 Å². The van der Waals surface area contributed by atoms with Crippen LogP contribution in [0.3, 0.4) is 0 Å². The summed E-state index contributed by atoms with van der Waals surface area (Å²) in [4.78, 5) is 116. The van der Waals surface area contributed by atoms with Crippen molar-refractivity contribution in [2.75, 3.05) is 92.3 Å². The molecule has 6 aromatic carbocycles. The number of carbonyl (C=O) groups excluding carboxylic acids is 8. The number of hydrogen-bond acceptors (Lipinski definition) is 20. The second-order valence-corrected chi connectivity index (χ2v) is 23.8. The highest BCUT2D eigenvalue weighted by atomic mass is 31.1. The van der Waals surface area contributed by atoms with E-state index in [0.29, 0.717) is 70.8 Å². The van der Waals surface area contributed by atoms with E-state index in [2.05, 4.69) is 5.32 Å². The molecule has 1 saturated heterocycles. The second kappa shape index (κ2) is 41.1. The lowest BCUT2D eigenvalue weighted by atomic mass is 9.93. The Morgan fingerprint density at radius 1 is 0.436 bits per heavy atom. The van der Waals surface area contributed by atoms with E-state index in [-0.39, 0.29) is 109 Å². The first-order valence-corrected chi connectivity index (χ1v) is 32.8. The Labute approximate surface area is 550 Å². The number of methoxy groups -OCH3 is 1. The number of ether oxygens (including phenoxy) is 5. The molecule has 0 aliphatic carbocycles. The summed E-state index contributed by atoms with van der Waals surface area (Å²) in [5.41, 5.74) is 5.30. The van der Waals surface area contributed by atoms with E-state index in [4.69, 9.17) is 32.7 Å². The van der Waals surface area contributed by atoms with Crippen molar-refractivity contribution < 1.29 is 75.7 Å². The zero-order valence-corrected chi connectivity index (χ0v) is 54.2. The van der Waals surface area contributed by atoms with Crippen LogP contribution in [0, 0.1) is 5.92 Å². The molecule has 0 aromatic heterocycles. The average Bonchev–Trinajstić information content (AvgIpc) is 1.58. The maximum Gasteiger partial charge on any atom is 0.697 e. The topological polar surface area (TPSA) is 243 Å². The molecule has 1 fully saturated rings. The Morgan fingerprint density at radius 3 is 1.24 bits per heavy atom. The van der Waals surface area contributed by atoms with Crippen LogP contribution in [0.15, 0.2) is 176 Å². The second-order valence-electron chi connectivity index (χ2n) is 22.8. The minimum atomic E-state index is -2.53. The van der Waals surface area contributed by atoms with Gasteiger partial charge in [0.15, 0.2) is 5.78 Å².